The van der Waals surface area contributed by atoms with Crippen molar-refractivity contribution in [3.63, 3.8) is 0 Å². The molecule has 0 spiro atoms. The van der Waals surface area contributed by atoms with Crippen molar-refractivity contribution in [2.45, 2.75) is 42.9 Å². The molecule has 0 aliphatic heterocycles. The predicted molar refractivity (Wildman–Crippen MR) is 111 cm³/mol. The summed E-state index contributed by atoms with van der Waals surface area (Å²) in [5, 5.41) is 11.5. The van der Waals surface area contributed by atoms with Crippen molar-refractivity contribution in [2.75, 3.05) is 10.6 Å². The molecule has 0 bridgehead atoms. The molecule has 2 aromatic carbocycles. The number of carbonyl (C=O) groups is 2. The summed E-state index contributed by atoms with van der Waals surface area (Å²) in [6.07, 6.45) is -1.62. The molecule has 2 saturated carbocycles. The molecular formula is C21H20ClF3N4O2. The molecular weight excluding hydrogens is 433 g/mol. The van der Waals surface area contributed by atoms with Crippen LogP contribution in [-0.2, 0) is 6.18 Å². The summed E-state index contributed by atoms with van der Waals surface area (Å²) in [6, 6.07) is 10.1. The van der Waals surface area contributed by atoms with Gasteiger partial charge < -0.3 is 21.3 Å². The third-order valence-corrected chi connectivity index (χ3v) is 6.04. The van der Waals surface area contributed by atoms with Gasteiger partial charge in [-0.1, -0.05) is 23.7 Å². The van der Waals surface area contributed by atoms with Gasteiger partial charge in [0.05, 0.1) is 27.4 Å². The quantitative estimate of drug-likeness (QED) is 0.492. The van der Waals surface area contributed by atoms with E-state index in [1.807, 2.05) is 0 Å². The van der Waals surface area contributed by atoms with Gasteiger partial charge in [0.1, 0.15) is 0 Å². The number of rotatable bonds is 5. The smallest absolute Gasteiger partial charge is 0.330 e. The van der Waals surface area contributed by atoms with Crippen LogP contribution in [0, 0.1) is 0 Å². The van der Waals surface area contributed by atoms with E-state index in [1.165, 1.54) is 12.1 Å². The minimum absolute atomic E-state index is 0.246. The summed E-state index contributed by atoms with van der Waals surface area (Å²) in [7, 11) is 0. The highest BCUT2D eigenvalue weighted by Crippen LogP contribution is 2.57. The van der Waals surface area contributed by atoms with E-state index in [4.69, 9.17) is 11.6 Å². The summed E-state index contributed by atoms with van der Waals surface area (Å²) >= 11 is 6.07. The number of alkyl halides is 3. The minimum atomic E-state index is -4.44. The van der Waals surface area contributed by atoms with Crippen molar-refractivity contribution in [1.29, 1.82) is 0 Å². The number of anilines is 2. The van der Waals surface area contributed by atoms with Crippen LogP contribution in [-0.4, -0.2) is 23.1 Å². The third kappa shape index (κ3) is 4.56. The number of hydrogen-bond donors (Lipinski definition) is 4. The number of amides is 4. The van der Waals surface area contributed by atoms with Crippen LogP contribution in [0.1, 0.15) is 31.2 Å². The zero-order valence-electron chi connectivity index (χ0n) is 16.3. The second-order valence-corrected chi connectivity index (χ2v) is 8.28. The van der Waals surface area contributed by atoms with E-state index in [9.17, 15) is 22.8 Å². The third-order valence-electron chi connectivity index (χ3n) is 5.71. The van der Waals surface area contributed by atoms with Gasteiger partial charge in [-0.3, -0.25) is 0 Å². The number of benzene rings is 2. The van der Waals surface area contributed by atoms with Gasteiger partial charge in [-0.2, -0.15) is 13.2 Å². The van der Waals surface area contributed by atoms with Gasteiger partial charge in [-0.25, -0.2) is 9.59 Å². The highest BCUT2D eigenvalue weighted by Gasteiger charge is 2.67. The molecule has 0 heterocycles. The maximum Gasteiger partial charge on any atom is 0.416 e. The summed E-state index contributed by atoms with van der Waals surface area (Å²) in [4.78, 5) is 24.9. The lowest BCUT2D eigenvalue weighted by Gasteiger charge is -2.29. The standard InChI is InChI=1S/C21H20ClF3N4O2/c22-15-3-1-2-4-16(15)27-18(31)29-20(11-12-20)19(9-10-19)28-17(30)26-14-7-5-13(6-8-14)21(23,24)25/h1-8H,9-12H2,(H2,26,28,30)(H2,27,29,31). The number of halogens is 4. The first-order valence-electron chi connectivity index (χ1n) is 9.73. The second-order valence-electron chi connectivity index (χ2n) is 7.88. The van der Waals surface area contributed by atoms with E-state index in [2.05, 4.69) is 21.3 Å². The number of hydrogen-bond acceptors (Lipinski definition) is 2. The molecule has 0 aromatic heterocycles. The van der Waals surface area contributed by atoms with E-state index in [0.29, 0.717) is 36.4 Å². The Morgan fingerprint density at radius 3 is 1.81 bits per heavy atom. The predicted octanol–water partition coefficient (Wildman–Crippen LogP) is 5.37. The zero-order valence-corrected chi connectivity index (χ0v) is 17.0. The van der Waals surface area contributed by atoms with Gasteiger partial charge >= 0.3 is 18.2 Å². The van der Waals surface area contributed by atoms with Gasteiger partial charge in [0.15, 0.2) is 0 Å². The Morgan fingerprint density at radius 1 is 0.806 bits per heavy atom. The van der Waals surface area contributed by atoms with Crippen LogP contribution >= 0.6 is 11.6 Å². The lowest BCUT2D eigenvalue weighted by atomic mass is 10.0. The first-order valence-corrected chi connectivity index (χ1v) is 10.1. The van der Waals surface area contributed by atoms with Crippen molar-refractivity contribution in [3.05, 3.63) is 59.1 Å². The van der Waals surface area contributed by atoms with Gasteiger partial charge in [-0.15, -0.1) is 0 Å². The average Bonchev–Trinajstić information content (AvgIpc) is 3.61. The molecule has 0 atom stereocenters. The van der Waals surface area contributed by atoms with Crippen molar-refractivity contribution in [2.24, 2.45) is 0 Å². The van der Waals surface area contributed by atoms with Gasteiger partial charge in [0, 0.05) is 5.69 Å². The minimum Gasteiger partial charge on any atom is -0.330 e. The van der Waals surface area contributed by atoms with E-state index >= 15 is 0 Å². The van der Waals surface area contributed by atoms with Crippen LogP contribution in [0.5, 0.6) is 0 Å². The zero-order chi connectivity index (χ0) is 22.3. The largest absolute Gasteiger partial charge is 0.416 e. The average molecular weight is 453 g/mol. The fourth-order valence-corrected chi connectivity index (χ4v) is 3.94. The topological polar surface area (TPSA) is 82.3 Å². The van der Waals surface area contributed by atoms with E-state index in [0.717, 1.165) is 12.1 Å². The summed E-state index contributed by atoms with van der Waals surface area (Å²) in [6.45, 7) is 0. The normalized spacial score (nSPS) is 17.9. The molecule has 0 radical (unpaired) electrons. The number of urea groups is 2. The highest BCUT2D eigenvalue weighted by molar-refractivity contribution is 6.33. The lowest BCUT2D eigenvalue weighted by Crippen LogP contribution is -2.57. The molecule has 164 valence electrons. The molecule has 0 unspecified atom stereocenters. The molecule has 4 N–H and O–H groups in total. The van der Waals surface area contributed by atoms with E-state index in [-0.39, 0.29) is 5.69 Å². The van der Waals surface area contributed by atoms with Crippen LogP contribution in [0.3, 0.4) is 0 Å². The van der Waals surface area contributed by atoms with Gasteiger partial charge in [0.2, 0.25) is 0 Å². The van der Waals surface area contributed by atoms with Crippen LogP contribution in [0.15, 0.2) is 48.5 Å². The van der Waals surface area contributed by atoms with Crippen molar-refractivity contribution in [3.8, 4) is 0 Å². The van der Waals surface area contributed by atoms with Crippen LogP contribution < -0.4 is 21.3 Å². The number of carbonyl (C=O) groups excluding carboxylic acids is 2. The van der Waals surface area contributed by atoms with Crippen molar-refractivity contribution in [1.82, 2.24) is 10.6 Å². The highest BCUT2D eigenvalue weighted by atomic mass is 35.5. The molecule has 2 aromatic rings. The fraction of sp³-hybridized carbons (Fsp3) is 0.333. The first kappa shape index (κ1) is 21.3. The maximum absolute atomic E-state index is 12.7. The van der Waals surface area contributed by atoms with Crippen molar-refractivity contribution < 1.29 is 22.8 Å². The Bertz CT molecular complexity index is 1000. The summed E-state index contributed by atoms with van der Waals surface area (Å²) in [5.74, 6) is 0. The summed E-state index contributed by atoms with van der Waals surface area (Å²) in [5.41, 5.74) is -1.20. The van der Waals surface area contributed by atoms with Crippen LogP contribution in [0.2, 0.25) is 5.02 Å². The molecule has 0 saturated heterocycles. The Balaban J connectivity index is 1.36. The lowest BCUT2D eigenvalue weighted by molar-refractivity contribution is -0.137. The number of nitrogens with one attached hydrogen (secondary N) is 4. The van der Waals surface area contributed by atoms with E-state index in [1.54, 1.807) is 24.3 Å². The second kappa shape index (κ2) is 7.64. The van der Waals surface area contributed by atoms with Gasteiger partial charge in [-0.05, 0) is 62.1 Å². The van der Waals surface area contributed by atoms with Crippen molar-refractivity contribution >= 4 is 35.0 Å². The van der Waals surface area contributed by atoms with Crippen LogP contribution in [0.25, 0.3) is 0 Å². The molecule has 4 amide bonds. The molecule has 31 heavy (non-hydrogen) atoms. The summed E-state index contributed by atoms with van der Waals surface area (Å²) < 4.78 is 38.0. The number of para-hydroxylation sites is 1. The Hall–Kier alpha value is -2.94. The maximum atomic E-state index is 12.7. The SMILES string of the molecule is O=C(Nc1ccc(C(F)(F)F)cc1)NC1(C2(NC(=O)Nc3ccccc3Cl)CC2)CC1. The Morgan fingerprint density at radius 2 is 1.32 bits per heavy atom. The molecule has 2 fully saturated rings. The molecule has 6 nitrogen and oxygen atoms in total. The first-order chi connectivity index (χ1) is 14.6. The monoisotopic (exact) mass is 452 g/mol. The molecule has 2 aliphatic rings. The van der Waals surface area contributed by atoms with Crippen LogP contribution in [0.4, 0.5) is 34.1 Å². The molecule has 10 heteroatoms. The Kier molecular flexibility index (Phi) is 5.25. The Labute approximate surface area is 181 Å². The molecule has 4 rings (SSSR count). The fourth-order valence-electron chi connectivity index (χ4n) is 3.75. The van der Waals surface area contributed by atoms with E-state index < -0.39 is 34.9 Å². The molecule has 2 aliphatic carbocycles. The van der Waals surface area contributed by atoms with Gasteiger partial charge in [0.25, 0.3) is 0 Å².